The van der Waals surface area contributed by atoms with Gasteiger partial charge in [0.15, 0.2) is 5.41 Å². The minimum absolute atomic E-state index is 0.156. The molecule has 0 aliphatic heterocycles. The molecule has 2 aliphatic carbocycles. The van der Waals surface area contributed by atoms with Crippen molar-refractivity contribution in [3.63, 3.8) is 0 Å². The Balaban J connectivity index is 2.39. The molecule has 0 amide bonds. The molecule has 2 aliphatic rings. The number of carbonyl (C=O) groups is 1. The summed E-state index contributed by atoms with van der Waals surface area (Å²) in [7, 11) is 0. The van der Waals surface area contributed by atoms with Crippen LogP contribution in [0.25, 0.3) is 0 Å². The van der Waals surface area contributed by atoms with Crippen LogP contribution in [0.15, 0.2) is 0 Å². The summed E-state index contributed by atoms with van der Waals surface area (Å²) in [6.45, 7) is 9.07. The molecule has 2 saturated carbocycles. The third-order valence-corrected chi connectivity index (χ3v) is 7.18. The zero-order valence-electron chi connectivity index (χ0n) is 18.8. The molecule has 2 atom stereocenters. The first-order valence-corrected chi connectivity index (χ1v) is 12.0. The van der Waals surface area contributed by atoms with E-state index in [-0.39, 0.29) is 17.8 Å². The first kappa shape index (κ1) is 23.2. The van der Waals surface area contributed by atoms with Crippen molar-refractivity contribution in [1.29, 1.82) is 5.26 Å². The molecular weight excluding hydrogens is 346 g/mol. The van der Waals surface area contributed by atoms with Crippen LogP contribution < -0.4 is 0 Å². The second-order valence-electron chi connectivity index (χ2n) is 10.3. The van der Waals surface area contributed by atoms with E-state index in [9.17, 15) is 10.1 Å². The third kappa shape index (κ3) is 5.74. The minimum atomic E-state index is -0.938. The molecule has 2 fully saturated rings. The van der Waals surface area contributed by atoms with Gasteiger partial charge in [-0.1, -0.05) is 85.5 Å². The number of nitriles is 1. The van der Waals surface area contributed by atoms with Crippen molar-refractivity contribution in [1.82, 2.24) is 0 Å². The lowest BCUT2D eigenvalue weighted by Gasteiger charge is -2.45. The van der Waals surface area contributed by atoms with Gasteiger partial charge in [-0.3, -0.25) is 4.79 Å². The van der Waals surface area contributed by atoms with Crippen molar-refractivity contribution < 1.29 is 9.53 Å². The predicted octanol–water partition coefficient (Wildman–Crippen LogP) is 6.91. The number of ether oxygens (including phenoxy) is 1. The summed E-state index contributed by atoms with van der Waals surface area (Å²) in [6, 6.07) is 2.66. The van der Waals surface area contributed by atoms with Crippen LogP contribution in [0, 0.1) is 46.3 Å². The number of hydrogen-bond donors (Lipinski definition) is 0. The highest BCUT2D eigenvalue weighted by Crippen LogP contribution is 2.51. The van der Waals surface area contributed by atoms with Crippen molar-refractivity contribution >= 4 is 5.97 Å². The number of carbonyl (C=O) groups excluding carboxylic acids is 1. The van der Waals surface area contributed by atoms with Gasteiger partial charge < -0.3 is 4.74 Å². The van der Waals surface area contributed by atoms with Gasteiger partial charge >= 0.3 is 5.97 Å². The van der Waals surface area contributed by atoms with Crippen LogP contribution in [0.5, 0.6) is 0 Å². The van der Waals surface area contributed by atoms with E-state index in [1.165, 1.54) is 38.5 Å². The van der Waals surface area contributed by atoms with Gasteiger partial charge in [0.05, 0.1) is 12.7 Å². The maximum atomic E-state index is 13.6. The van der Waals surface area contributed by atoms with E-state index in [1.807, 2.05) is 0 Å². The Morgan fingerprint density at radius 2 is 1.50 bits per heavy atom. The van der Waals surface area contributed by atoms with Crippen molar-refractivity contribution in [3.05, 3.63) is 0 Å². The molecule has 0 aromatic heterocycles. The topological polar surface area (TPSA) is 50.1 Å². The van der Waals surface area contributed by atoms with Crippen LogP contribution >= 0.6 is 0 Å². The van der Waals surface area contributed by atoms with E-state index in [0.29, 0.717) is 24.4 Å². The van der Waals surface area contributed by atoms with Crippen LogP contribution in [0.1, 0.15) is 105 Å². The summed E-state index contributed by atoms with van der Waals surface area (Å²) < 4.78 is 5.83. The third-order valence-electron chi connectivity index (χ3n) is 7.18. The Bertz CT molecular complexity index is 509. The van der Waals surface area contributed by atoms with Gasteiger partial charge in [-0.15, -0.1) is 0 Å². The van der Waals surface area contributed by atoms with Gasteiger partial charge in [-0.2, -0.15) is 5.26 Å². The molecule has 160 valence electrons. The standard InChI is InChI=1S/C25H43NO2/c1-19(2)15-16-23(21-11-7-5-8-12-21)25(18-26,22-13-9-6-10-14-22)24(27)28-17-20(3)4/h19-23H,5-17H2,1-4H3. The zero-order valence-corrected chi connectivity index (χ0v) is 18.8. The van der Waals surface area contributed by atoms with Gasteiger partial charge in [0.2, 0.25) is 0 Å². The van der Waals surface area contributed by atoms with Crippen molar-refractivity contribution in [2.45, 2.75) is 105 Å². The summed E-state index contributed by atoms with van der Waals surface area (Å²) in [4.78, 5) is 13.6. The quantitative estimate of drug-likeness (QED) is 0.403. The number of nitrogens with zero attached hydrogens (tertiary/aromatic N) is 1. The van der Waals surface area contributed by atoms with E-state index < -0.39 is 5.41 Å². The molecule has 3 heteroatoms. The maximum absolute atomic E-state index is 13.6. The Morgan fingerprint density at radius 3 is 2.00 bits per heavy atom. The molecule has 0 spiro atoms. The van der Waals surface area contributed by atoms with Crippen molar-refractivity contribution in [2.24, 2.45) is 35.0 Å². The van der Waals surface area contributed by atoms with E-state index in [4.69, 9.17) is 4.74 Å². The molecule has 0 heterocycles. The Kier molecular flexibility index (Phi) is 9.32. The predicted molar refractivity (Wildman–Crippen MR) is 115 cm³/mol. The molecule has 0 aromatic carbocycles. The summed E-state index contributed by atoms with van der Waals surface area (Å²) in [6.07, 6.45) is 13.8. The zero-order chi connectivity index (χ0) is 20.6. The SMILES string of the molecule is CC(C)CCC(C1CCCCC1)C(C#N)(C(=O)OCC(C)C)C1CCCCC1. The minimum Gasteiger partial charge on any atom is -0.464 e. The Morgan fingerprint density at radius 1 is 0.929 bits per heavy atom. The molecule has 0 saturated heterocycles. The van der Waals surface area contributed by atoms with Crippen LogP contribution in [0.3, 0.4) is 0 Å². The average molecular weight is 390 g/mol. The first-order valence-electron chi connectivity index (χ1n) is 12.0. The van der Waals surface area contributed by atoms with Gasteiger partial charge in [0.1, 0.15) is 0 Å². The molecule has 2 rings (SSSR count). The fraction of sp³-hybridized carbons (Fsp3) is 0.920. The molecule has 0 N–H and O–H groups in total. The molecule has 0 bridgehead atoms. The fourth-order valence-electron chi connectivity index (χ4n) is 5.64. The van der Waals surface area contributed by atoms with Crippen LogP contribution in [-0.4, -0.2) is 12.6 Å². The van der Waals surface area contributed by atoms with Gasteiger partial charge in [0, 0.05) is 0 Å². The molecule has 3 nitrogen and oxygen atoms in total. The van der Waals surface area contributed by atoms with E-state index in [1.54, 1.807) is 0 Å². The number of hydrogen-bond acceptors (Lipinski definition) is 3. The van der Waals surface area contributed by atoms with Gasteiger partial charge in [0.25, 0.3) is 0 Å². The van der Waals surface area contributed by atoms with Crippen LogP contribution in [0.2, 0.25) is 0 Å². The van der Waals surface area contributed by atoms with Gasteiger partial charge in [-0.25, -0.2) is 0 Å². The smallest absolute Gasteiger partial charge is 0.327 e. The Labute approximate surface area is 173 Å². The van der Waals surface area contributed by atoms with Gasteiger partial charge in [-0.05, 0) is 48.9 Å². The maximum Gasteiger partial charge on any atom is 0.327 e. The monoisotopic (exact) mass is 389 g/mol. The van der Waals surface area contributed by atoms with Crippen LogP contribution in [0.4, 0.5) is 0 Å². The fourth-order valence-corrected chi connectivity index (χ4v) is 5.64. The number of esters is 1. The average Bonchev–Trinajstić information content (AvgIpc) is 2.70. The lowest BCUT2D eigenvalue weighted by atomic mass is 9.56. The lowest BCUT2D eigenvalue weighted by molar-refractivity contribution is -0.164. The van der Waals surface area contributed by atoms with E-state index >= 15 is 0 Å². The van der Waals surface area contributed by atoms with Crippen molar-refractivity contribution in [2.75, 3.05) is 6.61 Å². The normalized spacial score (nSPS) is 22.6. The second-order valence-corrected chi connectivity index (χ2v) is 10.3. The number of rotatable bonds is 9. The van der Waals surface area contributed by atoms with Crippen molar-refractivity contribution in [3.8, 4) is 6.07 Å². The molecule has 28 heavy (non-hydrogen) atoms. The highest BCUT2D eigenvalue weighted by Gasteiger charge is 2.55. The summed E-state index contributed by atoms with van der Waals surface area (Å²) in [5.74, 6) is 1.53. The lowest BCUT2D eigenvalue weighted by Crippen LogP contribution is -2.49. The molecule has 0 aromatic rings. The first-order chi connectivity index (χ1) is 13.4. The summed E-state index contributed by atoms with van der Waals surface area (Å²) in [5.41, 5.74) is -0.938. The highest BCUT2D eigenvalue weighted by atomic mass is 16.5. The summed E-state index contributed by atoms with van der Waals surface area (Å²) >= 11 is 0. The van der Waals surface area contributed by atoms with E-state index in [0.717, 1.165) is 38.5 Å². The second kappa shape index (κ2) is 11.2. The molecule has 0 radical (unpaired) electrons. The molecular formula is C25H43NO2. The van der Waals surface area contributed by atoms with Crippen LogP contribution in [-0.2, 0) is 9.53 Å². The summed E-state index contributed by atoms with van der Waals surface area (Å²) in [5, 5.41) is 10.6. The highest BCUT2D eigenvalue weighted by molar-refractivity contribution is 5.81. The Hall–Kier alpha value is -1.04. The molecule has 2 unspecified atom stereocenters. The van der Waals surface area contributed by atoms with E-state index in [2.05, 4.69) is 33.8 Å². The largest absolute Gasteiger partial charge is 0.464 e.